The summed E-state index contributed by atoms with van der Waals surface area (Å²) in [5, 5.41) is 4.04. The molecule has 0 saturated heterocycles. The van der Waals surface area contributed by atoms with Crippen molar-refractivity contribution in [3.8, 4) is 0 Å². The normalized spacial score (nSPS) is 10.7. The maximum Gasteiger partial charge on any atom is 0.310 e. The average Bonchev–Trinajstić information content (AvgIpc) is 2.64. The minimum Gasteiger partial charge on any atom is -0.466 e. The first-order chi connectivity index (χ1) is 13.4. The summed E-state index contributed by atoms with van der Waals surface area (Å²) in [5.74, 6) is -0.784. The number of hydrogen-bond acceptors (Lipinski definition) is 4. The number of anilines is 1. The molecule has 8 heteroatoms. The van der Waals surface area contributed by atoms with Gasteiger partial charge < -0.3 is 10.1 Å². The topological polar surface area (TPSA) is 68.3 Å². The molecule has 0 unspecified atom stereocenters. The van der Waals surface area contributed by atoms with Gasteiger partial charge in [-0.15, -0.1) is 0 Å². The summed E-state index contributed by atoms with van der Waals surface area (Å²) < 4.78 is 5.74. The zero-order valence-corrected chi connectivity index (χ0v) is 17.9. The molecule has 1 amide bonds. The summed E-state index contributed by atoms with van der Waals surface area (Å²) in [5.41, 5.74) is 1.94. The highest BCUT2D eigenvalue weighted by Gasteiger charge is 2.18. The monoisotopic (exact) mass is 480 g/mol. The first-order valence-electron chi connectivity index (χ1n) is 8.39. The Hall–Kier alpha value is -2.15. The molecule has 0 fully saturated rings. The Labute approximate surface area is 180 Å². The lowest BCUT2D eigenvalue weighted by atomic mass is 10.1. The first-order valence-corrected chi connectivity index (χ1v) is 9.94. The van der Waals surface area contributed by atoms with Crippen molar-refractivity contribution in [2.24, 2.45) is 0 Å². The fraction of sp³-hybridized carbons (Fsp3) is 0.150. The van der Waals surface area contributed by atoms with Crippen LogP contribution in [0.1, 0.15) is 22.8 Å². The number of nitrogens with one attached hydrogen (secondary N) is 1. The number of para-hydroxylation sites is 1. The van der Waals surface area contributed by atoms with E-state index in [1.165, 1.54) is 0 Å². The van der Waals surface area contributed by atoms with Gasteiger partial charge in [0.05, 0.1) is 39.8 Å². The van der Waals surface area contributed by atoms with Crippen LogP contribution in [0.5, 0.6) is 0 Å². The molecule has 28 heavy (non-hydrogen) atoms. The van der Waals surface area contributed by atoms with Crippen molar-refractivity contribution >= 4 is 67.6 Å². The molecule has 3 rings (SSSR count). The van der Waals surface area contributed by atoms with Crippen LogP contribution in [0.25, 0.3) is 10.9 Å². The number of fused-ring (bicyclic) bond motifs is 1. The number of rotatable bonds is 5. The Morgan fingerprint density at radius 2 is 1.82 bits per heavy atom. The smallest absolute Gasteiger partial charge is 0.310 e. The standard InChI is InChI=1S/C20H15BrCl2N2O3/c1-2-28-17(26)9-12-11-5-3-8-16(19(11)24-10-13(12)21)25-20(27)18-14(22)6-4-7-15(18)23/h3-8,10H,2,9H2,1H3,(H,25,27). The lowest BCUT2D eigenvalue weighted by Gasteiger charge is -2.13. The third-order valence-corrected chi connectivity index (χ3v) is 5.33. The van der Waals surface area contributed by atoms with Crippen molar-refractivity contribution in [1.29, 1.82) is 0 Å². The van der Waals surface area contributed by atoms with Gasteiger partial charge in [0.15, 0.2) is 0 Å². The van der Waals surface area contributed by atoms with Gasteiger partial charge in [0, 0.05) is 16.1 Å². The van der Waals surface area contributed by atoms with E-state index >= 15 is 0 Å². The molecule has 1 N–H and O–H groups in total. The van der Waals surface area contributed by atoms with Gasteiger partial charge in [-0.3, -0.25) is 14.6 Å². The minimum absolute atomic E-state index is 0.0845. The van der Waals surface area contributed by atoms with Gasteiger partial charge in [-0.2, -0.15) is 0 Å². The fourth-order valence-corrected chi connectivity index (χ4v) is 3.82. The predicted molar refractivity (Wildman–Crippen MR) is 114 cm³/mol. The van der Waals surface area contributed by atoms with Gasteiger partial charge in [0.1, 0.15) is 0 Å². The van der Waals surface area contributed by atoms with Gasteiger partial charge in [0.25, 0.3) is 5.91 Å². The lowest BCUT2D eigenvalue weighted by Crippen LogP contribution is -2.14. The van der Waals surface area contributed by atoms with Gasteiger partial charge in [0.2, 0.25) is 0 Å². The van der Waals surface area contributed by atoms with Crippen molar-refractivity contribution in [2.45, 2.75) is 13.3 Å². The maximum atomic E-state index is 12.7. The Kier molecular flexibility index (Phi) is 6.54. The van der Waals surface area contributed by atoms with Crippen LogP contribution in [0, 0.1) is 0 Å². The summed E-state index contributed by atoms with van der Waals surface area (Å²) in [4.78, 5) is 29.1. The summed E-state index contributed by atoms with van der Waals surface area (Å²) in [7, 11) is 0. The molecule has 1 aromatic heterocycles. The molecule has 0 aliphatic rings. The number of benzene rings is 2. The predicted octanol–water partition coefficient (Wildman–Crippen LogP) is 5.66. The van der Waals surface area contributed by atoms with E-state index in [0.717, 1.165) is 10.9 Å². The molecular weight excluding hydrogens is 467 g/mol. The number of aromatic nitrogens is 1. The van der Waals surface area contributed by atoms with Crippen LogP contribution in [0.3, 0.4) is 0 Å². The van der Waals surface area contributed by atoms with Crippen LogP contribution >= 0.6 is 39.1 Å². The summed E-state index contributed by atoms with van der Waals surface area (Å²) in [6, 6.07) is 10.2. The summed E-state index contributed by atoms with van der Waals surface area (Å²) >= 11 is 15.7. The minimum atomic E-state index is -0.445. The zero-order valence-electron chi connectivity index (χ0n) is 14.8. The largest absolute Gasteiger partial charge is 0.466 e. The molecule has 0 bridgehead atoms. The number of pyridine rings is 1. The van der Waals surface area contributed by atoms with E-state index in [1.54, 1.807) is 43.5 Å². The Bertz CT molecular complexity index is 1050. The van der Waals surface area contributed by atoms with Crippen molar-refractivity contribution < 1.29 is 14.3 Å². The molecular formula is C20H15BrCl2N2O3. The second-order valence-electron chi connectivity index (χ2n) is 5.82. The molecule has 0 radical (unpaired) electrons. The van der Waals surface area contributed by atoms with Crippen LogP contribution in [0.2, 0.25) is 10.0 Å². The Morgan fingerprint density at radius 1 is 1.14 bits per heavy atom. The first kappa shape index (κ1) is 20.6. The van der Waals surface area contributed by atoms with Crippen LogP contribution in [0.4, 0.5) is 5.69 Å². The number of esters is 1. The van der Waals surface area contributed by atoms with Gasteiger partial charge in [-0.25, -0.2) is 0 Å². The van der Waals surface area contributed by atoms with E-state index in [-0.39, 0.29) is 28.0 Å². The number of carbonyl (C=O) groups excluding carboxylic acids is 2. The molecule has 0 aliphatic heterocycles. The van der Waals surface area contributed by atoms with Gasteiger partial charge in [-0.05, 0) is 46.6 Å². The average molecular weight is 482 g/mol. The third-order valence-electron chi connectivity index (χ3n) is 4.02. The highest BCUT2D eigenvalue weighted by Crippen LogP contribution is 2.31. The molecule has 144 valence electrons. The molecule has 3 aromatic rings. The van der Waals surface area contributed by atoms with Crippen molar-refractivity contribution in [3.63, 3.8) is 0 Å². The quantitative estimate of drug-likeness (QED) is 0.477. The van der Waals surface area contributed by atoms with Crippen molar-refractivity contribution in [3.05, 3.63) is 68.2 Å². The molecule has 2 aromatic carbocycles. The molecule has 0 aliphatic carbocycles. The van der Waals surface area contributed by atoms with Gasteiger partial charge in [-0.1, -0.05) is 41.4 Å². The summed E-state index contributed by atoms with van der Waals surface area (Å²) in [6.07, 6.45) is 1.68. The highest BCUT2D eigenvalue weighted by atomic mass is 79.9. The van der Waals surface area contributed by atoms with E-state index in [2.05, 4.69) is 26.2 Å². The maximum absolute atomic E-state index is 12.7. The second kappa shape index (κ2) is 8.90. The van der Waals surface area contributed by atoms with Crippen molar-refractivity contribution in [1.82, 2.24) is 4.98 Å². The fourth-order valence-electron chi connectivity index (χ4n) is 2.79. The Morgan fingerprint density at radius 3 is 2.50 bits per heavy atom. The number of ether oxygens (including phenoxy) is 1. The Balaban J connectivity index is 2.01. The molecule has 5 nitrogen and oxygen atoms in total. The number of amides is 1. The van der Waals surface area contributed by atoms with Crippen molar-refractivity contribution in [2.75, 3.05) is 11.9 Å². The van der Waals surface area contributed by atoms with Crippen LogP contribution < -0.4 is 5.32 Å². The number of halogens is 3. The molecule has 1 heterocycles. The number of hydrogen-bond donors (Lipinski definition) is 1. The number of nitrogens with zero attached hydrogens (tertiary/aromatic N) is 1. The summed E-state index contributed by atoms with van der Waals surface area (Å²) in [6.45, 7) is 2.06. The third kappa shape index (κ3) is 4.29. The van der Waals surface area contributed by atoms with Crippen LogP contribution in [0.15, 0.2) is 47.1 Å². The molecule has 0 saturated carbocycles. The molecule has 0 spiro atoms. The van der Waals surface area contributed by atoms with E-state index in [0.29, 0.717) is 22.3 Å². The van der Waals surface area contributed by atoms with E-state index < -0.39 is 5.91 Å². The molecule has 0 atom stereocenters. The number of carbonyl (C=O) groups is 2. The van der Waals surface area contributed by atoms with Gasteiger partial charge >= 0.3 is 5.97 Å². The lowest BCUT2D eigenvalue weighted by molar-refractivity contribution is -0.142. The van der Waals surface area contributed by atoms with E-state index in [1.807, 2.05) is 6.07 Å². The SMILES string of the molecule is CCOC(=O)Cc1c(Br)cnc2c(NC(=O)c3c(Cl)cccc3Cl)cccc12. The van der Waals surface area contributed by atoms with Crippen LogP contribution in [-0.2, 0) is 16.0 Å². The van der Waals surface area contributed by atoms with Crippen LogP contribution in [-0.4, -0.2) is 23.5 Å². The van der Waals surface area contributed by atoms with E-state index in [9.17, 15) is 9.59 Å². The zero-order chi connectivity index (χ0) is 20.3. The highest BCUT2D eigenvalue weighted by molar-refractivity contribution is 9.10. The second-order valence-corrected chi connectivity index (χ2v) is 7.49. The van der Waals surface area contributed by atoms with E-state index in [4.69, 9.17) is 27.9 Å².